The Hall–Kier alpha value is -0.860. The second-order valence-electron chi connectivity index (χ2n) is 4.36. The van der Waals surface area contributed by atoms with Gasteiger partial charge in [0.1, 0.15) is 0 Å². The SMILES string of the molecule is CCCC(O)C(CC)CO.Cc1ccccc1. The molecule has 1 rings (SSSR count). The standard InChI is InChI=1S/C8H18O2.C7H8/c1-3-5-8(10)7(4-2)6-9;1-7-5-3-2-4-6-7/h7-10H,3-6H2,1-2H3;2-6H,1H3. The molecule has 2 atom stereocenters. The predicted octanol–water partition coefficient (Wildman–Crippen LogP) is 3.16. The fraction of sp³-hybridized carbons (Fsp3) is 0.600. The fourth-order valence-electron chi connectivity index (χ4n) is 1.59. The summed E-state index contributed by atoms with van der Waals surface area (Å²) in [7, 11) is 0. The van der Waals surface area contributed by atoms with Gasteiger partial charge in [-0.25, -0.2) is 0 Å². The third-order valence-electron chi connectivity index (χ3n) is 2.83. The first kappa shape index (κ1) is 16.1. The molecule has 0 amide bonds. The van der Waals surface area contributed by atoms with E-state index in [0.29, 0.717) is 0 Å². The van der Waals surface area contributed by atoms with Crippen molar-refractivity contribution >= 4 is 0 Å². The monoisotopic (exact) mass is 238 g/mol. The second kappa shape index (κ2) is 10.3. The number of aliphatic hydroxyl groups excluding tert-OH is 2. The number of aryl methyl sites for hydroxylation is 1. The lowest BCUT2D eigenvalue weighted by Crippen LogP contribution is -2.22. The van der Waals surface area contributed by atoms with Crippen molar-refractivity contribution in [3.05, 3.63) is 35.9 Å². The Morgan fingerprint density at radius 1 is 1.12 bits per heavy atom. The lowest BCUT2D eigenvalue weighted by Gasteiger charge is -2.17. The Balaban J connectivity index is 0.000000318. The molecule has 98 valence electrons. The lowest BCUT2D eigenvalue weighted by molar-refractivity contribution is 0.0584. The van der Waals surface area contributed by atoms with Gasteiger partial charge in [-0.05, 0) is 19.8 Å². The molecule has 0 aromatic heterocycles. The van der Waals surface area contributed by atoms with E-state index >= 15 is 0 Å². The zero-order chi connectivity index (χ0) is 13.1. The minimum absolute atomic E-state index is 0.0833. The van der Waals surface area contributed by atoms with E-state index in [1.54, 1.807) is 0 Å². The molecule has 2 N–H and O–H groups in total. The Labute approximate surface area is 105 Å². The number of benzene rings is 1. The van der Waals surface area contributed by atoms with Gasteiger partial charge in [0.05, 0.1) is 6.10 Å². The van der Waals surface area contributed by atoms with Gasteiger partial charge < -0.3 is 10.2 Å². The molecule has 0 heterocycles. The molecule has 2 unspecified atom stereocenters. The molecule has 0 bridgehead atoms. The molecule has 0 aliphatic carbocycles. The van der Waals surface area contributed by atoms with Crippen molar-refractivity contribution in [2.45, 2.75) is 46.1 Å². The predicted molar refractivity (Wildman–Crippen MR) is 73.0 cm³/mol. The first-order valence-electron chi connectivity index (χ1n) is 6.46. The van der Waals surface area contributed by atoms with Crippen molar-refractivity contribution in [1.82, 2.24) is 0 Å². The van der Waals surface area contributed by atoms with Crippen molar-refractivity contribution in [3.8, 4) is 0 Å². The molecule has 0 aliphatic heterocycles. The fourth-order valence-corrected chi connectivity index (χ4v) is 1.59. The van der Waals surface area contributed by atoms with Gasteiger partial charge in [0.2, 0.25) is 0 Å². The minimum Gasteiger partial charge on any atom is -0.396 e. The smallest absolute Gasteiger partial charge is 0.0590 e. The highest BCUT2D eigenvalue weighted by atomic mass is 16.3. The maximum absolute atomic E-state index is 9.35. The Kier molecular flexibility index (Phi) is 9.78. The molecule has 1 aromatic carbocycles. The van der Waals surface area contributed by atoms with Crippen molar-refractivity contribution in [1.29, 1.82) is 0 Å². The zero-order valence-electron chi connectivity index (χ0n) is 11.3. The molecule has 0 saturated carbocycles. The highest BCUT2D eigenvalue weighted by Gasteiger charge is 2.14. The average molecular weight is 238 g/mol. The highest BCUT2D eigenvalue weighted by molar-refractivity contribution is 5.11. The first-order valence-corrected chi connectivity index (χ1v) is 6.46. The summed E-state index contributed by atoms with van der Waals surface area (Å²) in [6.07, 6.45) is 2.34. The summed E-state index contributed by atoms with van der Waals surface area (Å²) in [5.74, 6) is 0.0833. The maximum Gasteiger partial charge on any atom is 0.0590 e. The highest BCUT2D eigenvalue weighted by Crippen LogP contribution is 2.12. The summed E-state index contributed by atoms with van der Waals surface area (Å²) in [4.78, 5) is 0. The van der Waals surface area contributed by atoms with Crippen LogP contribution in [0, 0.1) is 12.8 Å². The van der Waals surface area contributed by atoms with Crippen LogP contribution in [0.2, 0.25) is 0 Å². The molecule has 2 nitrogen and oxygen atoms in total. The quantitative estimate of drug-likeness (QED) is 0.827. The summed E-state index contributed by atoms with van der Waals surface area (Å²) in [5.41, 5.74) is 1.32. The number of hydrogen-bond donors (Lipinski definition) is 2. The van der Waals surface area contributed by atoms with E-state index in [1.165, 1.54) is 5.56 Å². The topological polar surface area (TPSA) is 40.5 Å². The zero-order valence-corrected chi connectivity index (χ0v) is 11.3. The number of rotatable bonds is 5. The molecule has 1 aromatic rings. The van der Waals surface area contributed by atoms with Crippen LogP contribution in [-0.2, 0) is 0 Å². The Bertz CT molecular complexity index is 255. The molecule has 0 radical (unpaired) electrons. The van der Waals surface area contributed by atoms with E-state index in [4.69, 9.17) is 5.11 Å². The molecule has 0 spiro atoms. The van der Waals surface area contributed by atoms with Gasteiger partial charge in [0, 0.05) is 12.5 Å². The minimum atomic E-state index is -0.306. The van der Waals surface area contributed by atoms with E-state index in [2.05, 4.69) is 19.1 Å². The van der Waals surface area contributed by atoms with Gasteiger partial charge in [-0.3, -0.25) is 0 Å². The summed E-state index contributed by atoms with van der Waals surface area (Å²) in [6, 6.07) is 10.3. The summed E-state index contributed by atoms with van der Waals surface area (Å²) >= 11 is 0. The van der Waals surface area contributed by atoms with Crippen LogP contribution in [0.15, 0.2) is 30.3 Å². The Morgan fingerprint density at radius 2 is 1.71 bits per heavy atom. The summed E-state index contributed by atoms with van der Waals surface area (Å²) < 4.78 is 0. The molecule has 0 fully saturated rings. The number of hydrogen-bond acceptors (Lipinski definition) is 2. The van der Waals surface area contributed by atoms with E-state index in [0.717, 1.165) is 19.3 Å². The molecule has 17 heavy (non-hydrogen) atoms. The number of aliphatic hydroxyl groups is 2. The average Bonchev–Trinajstić information content (AvgIpc) is 2.33. The van der Waals surface area contributed by atoms with E-state index < -0.39 is 0 Å². The van der Waals surface area contributed by atoms with Gasteiger partial charge in [-0.15, -0.1) is 0 Å². The van der Waals surface area contributed by atoms with Crippen LogP contribution in [0.5, 0.6) is 0 Å². The van der Waals surface area contributed by atoms with Crippen LogP contribution in [-0.4, -0.2) is 22.9 Å². The van der Waals surface area contributed by atoms with Crippen LogP contribution >= 0.6 is 0 Å². The van der Waals surface area contributed by atoms with Gasteiger partial charge in [0.25, 0.3) is 0 Å². The second-order valence-corrected chi connectivity index (χ2v) is 4.36. The van der Waals surface area contributed by atoms with Crippen LogP contribution in [0.25, 0.3) is 0 Å². The van der Waals surface area contributed by atoms with Gasteiger partial charge >= 0.3 is 0 Å². The van der Waals surface area contributed by atoms with Gasteiger partial charge in [0.15, 0.2) is 0 Å². The largest absolute Gasteiger partial charge is 0.396 e. The van der Waals surface area contributed by atoms with E-state index in [1.807, 2.05) is 32.0 Å². The van der Waals surface area contributed by atoms with E-state index in [-0.39, 0.29) is 18.6 Å². The van der Waals surface area contributed by atoms with Crippen molar-refractivity contribution in [2.75, 3.05) is 6.61 Å². The molecule has 2 heteroatoms. The lowest BCUT2D eigenvalue weighted by atomic mass is 9.97. The maximum atomic E-state index is 9.35. The first-order chi connectivity index (χ1) is 8.15. The third kappa shape index (κ3) is 7.94. The van der Waals surface area contributed by atoms with Crippen molar-refractivity contribution in [3.63, 3.8) is 0 Å². The summed E-state index contributed by atoms with van der Waals surface area (Å²) in [5, 5.41) is 18.1. The molecular weight excluding hydrogens is 212 g/mol. The third-order valence-corrected chi connectivity index (χ3v) is 2.83. The van der Waals surface area contributed by atoms with Crippen LogP contribution < -0.4 is 0 Å². The van der Waals surface area contributed by atoms with Gasteiger partial charge in [-0.1, -0.05) is 56.2 Å². The molecular formula is C15H26O2. The van der Waals surface area contributed by atoms with Crippen LogP contribution in [0.3, 0.4) is 0 Å². The summed E-state index contributed by atoms with van der Waals surface area (Å²) in [6.45, 7) is 6.21. The molecule has 0 aliphatic rings. The normalized spacial score (nSPS) is 13.5. The van der Waals surface area contributed by atoms with Crippen molar-refractivity contribution < 1.29 is 10.2 Å². The van der Waals surface area contributed by atoms with Crippen LogP contribution in [0.1, 0.15) is 38.7 Å². The van der Waals surface area contributed by atoms with Gasteiger partial charge in [-0.2, -0.15) is 0 Å². The van der Waals surface area contributed by atoms with Crippen LogP contribution in [0.4, 0.5) is 0 Å². The molecule has 0 saturated heterocycles. The van der Waals surface area contributed by atoms with Crippen molar-refractivity contribution in [2.24, 2.45) is 5.92 Å². The van der Waals surface area contributed by atoms with E-state index in [9.17, 15) is 5.11 Å². The Morgan fingerprint density at radius 3 is 2.00 bits per heavy atom.